The number of benzene rings is 3. The molecule has 0 bridgehead atoms. The smallest absolute Gasteiger partial charge is 0.233 e. The molecule has 0 aliphatic heterocycles. The molecule has 0 aromatic heterocycles. The predicted octanol–water partition coefficient (Wildman–Crippen LogP) is 5.29. The second-order valence-electron chi connectivity index (χ2n) is 5.61. The molecule has 0 fully saturated rings. The molecule has 0 radical (unpaired) electrons. The number of halogens is 1. The molecule has 3 aromatic rings. The van der Waals surface area contributed by atoms with Gasteiger partial charge < -0.3 is 5.32 Å². The Balaban J connectivity index is 1.58. The van der Waals surface area contributed by atoms with Crippen molar-refractivity contribution in [1.29, 1.82) is 0 Å². The van der Waals surface area contributed by atoms with Crippen LogP contribution in [0.15, 0.2) is 71.6 Å². The van der Waals surface area contributed by atoms with E-state index in [1.54, 1.807) is 0 Å². The standard InChI is InChI=1S/C20H18ClNOS/c1-14(24-19-10-8-18(21)9-11-19)20(23)22-13-15-6-7-16-4-2-3-5-17(16)12-15/h2-12,14H,13H2,1H3,(H,22,23)/t14-/m0/s1. The zero-order chi connectivity index (χ0) is 16.9. The van der Waals surface area contributed by atoms with Crippen LogP contribution < -0.4 is 5.32 Å². The fourth-order valence-corrected chi connectivity index (χ4v) is 3.47. The summed E-state index contributed by atoms with van der Waals surface area (Å²) in [5.74, 6) is 0.0307. The fraction of sp³-hybridized carbons (Fsp3) is 0.150. The molecule has 0 saturated heterocycles. The minimum absolute atomic E-state index is 0.0307. The van der Waals surface area contributed by atoms with Crippen LogP contribution in [0.3, 0.4) is 0 Å². The summed E-state index contributed by atoms with van der Waals surface area (Å²) in [6.45, 7) is 2.45. The van der Waals surface area contributed by atoms with Crippen LogP contribution in [0.25, 0.3) is 10.8 Å². The largest absolute Gasteiger partial charge is 0.351 e. The monoisotopic (exact) mass is 355 g/mol. The Hall–Kier alpha value is -1.97. The lowest BCUT2D eigenvalue weighted by Crippen LogP contribution is -2.30. The number of hydrogen-bond acceptors (Lipinski definition) is 2. The SMILES string of the molecule is C[C@H](Sc1ccc(Cl)cc1)C(=O)NCc1ccc2ccccc2c1. The van der Waals surface area contributed by atoms with Crippen molar-refractivity contribution in [3.63, 3.8) is 0 Å². The number of thioether (sulfide) groups is 1. The average Bonchev–Trinajstić information content (AvgIpc) is 2.61. The van der Waals surface area contributed by atoms with Crippen molar-refractivity contribution >= 4 is 40.0 Å². The molecule has 122 valence electrons. The number of amides is 1. The fourth-order valence-electron chi connectivity index (χ4n) is 2.45. The lowest BCUT2D eigenvalue weighted by atomic mass is 10.1. The Bertz CT molecular complexity index is 848. The summed E-state index contributed by atoms with van der Waals surface area (Å²) < 4.78 is 0. The van der Waals surface area contributed by atoms with Gasteiger partial charge in [-0.05, 0) is 53.6 Å². The van der Waals surface area contributed by atoms with Crippen LogP contribution >= 0.6 is 23.4 Å². The van der Waals surface area contributed by atoms with E-state index < -0.39 is 0 Å². The number of nitrogens with one attached hydrogen (secondary N) is 1. The van der Waals surface area contributed by atoms with Gasteiger partial charge in [-0.2, -0.15) is 0 Å². The molecule has 0 aliphatic rings. The van der Waals surface area contributed by atoms with Crippen molar-refractivity contribution in [2.75, 3.05) is 0 Å². The molecule has 0 heterocycles. The molecule has 3 rings (SSSR count). The Morgan fingerprint density at radius 1 is 1.04 bits per heavy atom. The van der Waals surface area contributed by atoms with Crippen molar-refractivity contribution in [1.82, 2.24) is 5.32 Å². The van der Waals surface area contributed by atoms with E-state index in [0.29, 0.717) is 11.6 Å². The van der Waals surface area contributed by atoms with E-state index in [4.69, 9.17) is 11.6 Å². The average molecular weight is 356 g/mol. The normalized spacial score (nSPS) is 12.1. The first-order valence-electron chi connectivity index (χ1n) is 7.79. The zero-order valence-corrected chi connectivity index (χ0v) is 14.9. The lowest BCUT2D eigenvalue weighted by Gasteiger charge is -2.12. The highest BCUT2D eigenvalue weighted by atomic mass is 35.5. The van der Waals surface area contributed by atoms with E-state index in [0.717, 1.165) is 10.5 Å². The molecule has 3 aromatic carbocycles. The van der Waals surface area contributed by atoms with Gasteiger partial charge in [0.15, 0.2) is 0 Å². The molecule has 1 N–H and O–H groups in total. The molecule has 0 unspecified atom stereocenters. The van der Waals surface area contributed by atoms with Gasteiger partial charge in [0.2, 0.25) is 5.91 Å². The summed E-state index contributed by atoms with van der Waals surface area (Å²) in [6.07, 6.45) is 0. The Morgan fingerprint density at radius 3 is 2.50 bits per heavy atom. The van der Waals surface area contributed by atoms with E-state index in [1.807, 2.05) is 43.3 Å². The maximum Gasteiger partial charge on any atom is 0.233 e. The number of carbonyl (C=O) groups is 1. The van der Waals surface area contributed by atoms with Gasteiger partial charge in [-0.3, -0.25) is 4.79 Å². The minimum atomic E-state index is -0.161. The van der Waals surface area contributed by atoms with Crippen molar-refractivity contribution < 1.29 is 4.79 Å². The van der Waals surface area contributed by atoms with Crippen molar-refractivity contribution in [3.05, 3.63) is 77.3 Å². The maximum absolute atomic E-state index is 12.3. The van der Waals surface area contributed by atoms with Crippen LogP contribution in [0.1, 0.15) is 12.5 Å². The number of hydrogen-bond donors (Lipinski definition) is 1. The molecule has 1 atom stereocenters. The third-order valence-electron chi connectivity index (χ3n) is 3.78. The Morgan fingerprint density at radius 2 is 1.75 bits per heavy atom. The van der Waals surface area contributed by atoms with E-state index >= 15 is 0 Å². The highest BCUT2D eigenvalue weighted by molar-refractivity contribution is 8.00. The van der Waals surface area contributed by atoms with Gasteiger partial charge in [0.05, 0.1) is 5.25 Å². The first-order chi connectivity index (χ1) is 11.6. The summed E-state index contributed by atoms with van der Waals surface area (Å²) in [7, 11) is 0. The molecule has 0 spiro atoms. The minimum Gasteiger partial charge on any atom is -0.351 e. The van der Waals surface area contributed by atoms with Gasteiger partial charge in [0, 0.05) is 16.5 Å². The van der Waals surface area contributed by atoms with Gasteiger partial charge >= 0.3 is 0 Å². The quantitative estimate of drug-likeness (QED) is 0.630. The highest BCUT2D eigenvalue weighted by Gasteiger charge is 2.14. The van der Waals surface area contributed by atoms with Crippen LogP contribution in [0.4, 0.5) is 0 Å². The Kier molecular flexibility index (Phi) is 5.44. The summed E-state index contributed by atoms with van der Waals surface area (Å²) >= 11 is 7.41. The van der Waals surface area contributed by atoms with Crippen LogP contribution in [0.2, 0.25) is 5.02 Å². The van der Waals surface area contributed by atoms with E-state index in [2.05, 4.69) is 35.6 Å². The van der Waals surface area contributed by atoms with E-state index in [9.17, 15) is 4.79 Å². The first kappa shape index (κ1) is 16.9. The maximum atomic E-state index is 12.3. The molecular weight excluding hydrogens is 338 g/mol. The molecule has 1 amide bonds. The number of carbonyl (C=O) groups excluding carboxylic acids is 1. The van der Waals surface area contributed by atoms with Crippen LogP contribution in [-0.4, -0.2) is 11.2 Å². The number of rotatable bonds is 5. The van der Waals surface area contributed by atoms with E-state index in [-0.39, 0.29) is 11.2 Å². The second kappa shape index (κ2) is 7.73. The predicted molar refractivity (Wildman–Crippen MR) is 103 cm³/mol. The molecule has 4 heteroatoms. The van der Waals surface area contributed by atoms with Gasteiger partial charge in [-0.1, -0.05) is 48.0 Å². The van der Waals surface area contributed by atoms with Gasteiger partial charge in [0.1, 0.15) is 0 Å². The van der Waals surface area contributed by atoms with Crippen LogP contribution in [0.5, 0.6) is 0 Å². The van der Waals surface area contributed by atoms with E-state index in [1.165, 1.54) is 22.5 Å². The third-order valence-corrected chi connectivity index (χ3v) is 5.14. The molecule has 2 nitrogen and oxygen atoms in total. The lowest BCUT2D eigenvalue weighted by molar-refractivity contribution is -0.120. The molecule has 24 heavy (non-hydrogen) atoms. The van der Waals surface area contributed by atoms with Gasteiger partial charge in [-0.25, -0.2) is 0 Å². The first-order valence-corrected chi connectivity index (χ1v) is 9.05. The summed E-state index contributed by atoms with van der Waals surface area (Å²) in [5.41, 5.74) is 1.10. The van der Waals surface area contributed by atoms with Crippen molar-refractivity contribution in [2.45, 2.75) is 23.6 Å². The van der Waals surface area contributed by atoms with Crippen molar-refractivity contribution in [2.24, 2.45) is 0 Å². The molecule has 0 aliphatic carbocycles. The molecule has 0 saturated carbocycles. The Labute approximate surface area is 151 Å². The van der Waals surface area contributed by atoms with Crippen LogP contribution in [-0.2, 0) is 11.3 Å². The zero-order valence-electron chi connectivity index (χ0n) is 13.3. The van der Waals surface area contributed by atoms with Gasteiger partial charge in [-0.15, -0.1) is 11.8 Å². The number of fused-ring (bicyclic) bond motifs is 1. The summed E-state index contributed by atoms with van der Waals surface area (Å²) in [5, 5.41) is 5.95. The van der Waals surface area contributed by atoms with Gasteiger partial charge in [0.25, 0.3) is 0 Å². The summed E-state index contributed by atoms with van der Waals surface area (Å²) in [4.78, 5) is 13.3. The van der Waals surface area contributed by atoms with Crippen molar-refractivity contribution in [3.8, 4) is 0 Å². The highest BCUT2D eigenvalue weighted by Crippen LogP contribution is 2.25. The van der Waals surface area contributed by atoms with Crippen LogP contribution in [0, 0.1) is 0 Å². The summed E-state index contributed by atoms with van der Waals surface area (Å²) in [6, 6.07) is 22.0. The second-order valence-corrected chi connectivity index (χ2v) is 7.46. The topological polar surface area (TPSA) is 29.1 Å². The third kappa shape index (κ3) is 4.31. The molecular formula is C20H18ClNOS.